The average molecular weight is 353 g/mol. The van der Waals surface area contributed by atoms with Crippen LogP contribution in [0.2, 0.25) is 0 Å². The highest BCUT2D eigenvalue weighted by Gasteiger charge is 2.38. The molecule has 0 amide bonds. The minimum absolute atomic E-state index is 0.0578. The van der Waals surface area contributed by atoms with Gasteiger partial charge >= 0.3 is 0 Å². The van der Waals surface area contributed by atoms with E-state index < -0.39 is 13.0 Å². The van der Waals surface area contributed by atoms with Crippen molar-refractivity contribution in [2.75, 3.05) is 26.8 Å². The number of alkyl halides is 2. The molecule has 1 fully saturated rings. The van der Waals surface area contributed by atoms with Gasteiger partial charge in [-0.1, -0.05) is 13.3 Å². The summed E-state index contributed by atoms with van der Waals surface area (Å²) >= 11 is 0. The molecule has 0 radical (unpaired) electrons. The number of carbonyl (C=O) groups is 1. The third-order valence-corrected chi connectivity index (χ3v) is 5.20. The first kappa shape index (κ1) is 18.1. The first-order chi connectivity index (χ1) is 12.0. The Kier molecular flexibility index (Phi) is 5.57. The van der Waals surface area contributed by atoms with Crippen molar-refractivity contribution in [2.45, 2.75) is 45.1 Å². The van der Waals surface area contributed by atoms with Crippen molar-refractivity contribution in [3.8, 4) is 11.5 Å². The Morgan fingerprint density at radius 1 is 1.32 bits per heavy atom. The summed E-state index contributed by atoms with van der Waals surface area (Å²) in [5.41, 5.74) is 2.13. The molecule has 3 rings (SSSR count). The molecule has 138 valence electrons. The van der Waals surface area contributed by atoms with E-state index in [-0.39, 0.29) is 12.0 Å². The van der Waals surface area contributed by atoms with E-state index in [1.54, 1.807) is 6.07 Å². The van der Waals surface area contributed by atoms with Gasteiger partial charge in [0.2, 0.25) is 0 Å². The van der Waals surface area contributed by atoms with Gasteiger partial charge in [-0.2, -0.15) is 0 Å². The fraction of sp³-hybridized carbons (Fsp3) is 0.632. The molecule has 0 aromatic heterocycles. The van der Waals surface area contributed by atoms with Gasteiger partial charge in [-0.05, 0) is 36.1 Å². The number of piperidine rings is 1. The number of fused-ring (bicyclic) bond motifs is 3. The number of hydrogen-bond donors (Lipinski definition) is 0. The maximum Gasteiger partial charge on any atom is 0.272 e. The summed E-state index contributed by atoms with van der Waals surface area (Å²) in [5, 5.41) is 0. The van der Waals surface area contributed by atoms with Gasteiger partial charge in [-0.15, -0.1) is 0 Å². The Hall–Kier alpha value is -1.69. The maximum absolute atomic E-state index is 12.5. The summed E-state index contributed by atoms with van der Waals surface area (Å²) in [6.45, 7) is 3.15. The predicted molar refractivity (Wildman–Crippen MR) is 90.5 cm³/mol. The van der Waals surface area contributed by atoms with E-state index in [4.69, 9.17) is 9.47 Å². The van der Waals surface area contributed by atoms with Gasteiger partial charge in [0, 0.05) is 31.5 Å². The van der Waals surface area contributed by atoms with Gasteiger partial charge in [0.1, 0.15) is 12.4 Å². The normalized spacial score (nSPS) is 23.3. The number of hydrogen-bond acceptors (Lipinski definition) is 4. The summed E-state index contributed by atoms with van der Waals surface area (Å²) in [6, 6.07) is 3.72. The molecule has 2 atom stereocenters. The lowest BCUT2D eigenvalue weighted by Gasteiger charge is -2.43. The lowest BCUT2D eigenvalue weighted by molar-refractivity contribution is -0.129. The number of carbonyl (C=O) groups excluding carboxylic acids is 1. The standard InChI is InChI=1S/C19H25F2NO3/c1-3-4-13-10-22-6-5-12-7-18(25-11-19(20)21)17(24-2)8-14(12)15(22)9-16(13)23/h7-8,13,15,19H,3-6,9-11H2,1-2H3. The van der Waals surface area contributed by atoms with Crippen LogP contribution in [-0.4, -0.2) is 43.9 Å². The zero-order valence-electron chi connectivity index (χ0n) is 14.8. The van der Waals surface area contributed by atoms with Crippen molar-refractivity contribution >= 4 is 5.78 Å². The van der Waals surface area contributed by atoms with Crippen molar-refractivity contribution in [1.29, 1.82) is 0 Å². The van der Waals surface area contributed by atoms with E-state index in [9.17, 15) is 13.6 Å². The Bertz CT molecular complexity index is 635. The average Bonchev–Trinajstić information content (AvgIpc) is 2.60. The number of Topliss-reactive ketones (excluding diaryl/α,β-unsaturated/α-hetero) is 1. The minimum Gasteiger partial charge on any atom is -0.493 e. The van der Waals surface area contributed by atoms with Crippen molar-refractivity contribution in [3.05, 3.63) is 23.3 Å². The topological polar surface area (TPSA) is 38.8 Å². The summed E-state index contributed by atoms with van der Waals surface area (Å²) in [6.07, 6.45) is 0.775. The molecule has 2 aliphatic heterocycles. The number of methoxy groups -OCH3 is 1. The molecule has 2 unspecified atom stereocenters. The molecule has 1 aromatic rings. The van der Waals surface area contributed by atoms with Gasteiger partial charge in [-0.3, -0.25) is 9.69 Å². The Labute approximate surface area is 147 Å². The molecular formula is C19H25F2NO3. The fourth-order valence-corrected chi connectivity index (χ4v) is 3.99. The molecule has 0 bridgehead atoms. The highest BCUT2D eigenvalue weighted by Crippen LogP contribution is 2.42. The van der Waals surface area contributed by atoms with Crippen LogP contribution >= 0.6 is 0 Å². The van der Waals surface area contributed by atoms with Gasteiger partial charge in [0.05, 0.1) is 7.11 Å². The second-order valence-electron chi connectivity index (χ2n) is 6.82. The van der Waals surface area contributed by atoms with E-state index in [0.717, 1.165) is 43.5 Å². The van der Waals surface area contributed by atoms with Gasteiger partial charge in [0.25, 0.3) is 6.43 Å². The Morgan fingerprint density at radius 3 is 2.80 bits per heavy atom. The number of rotatable bonds is 6. The summed E-state index contributed by atoms with van der Waals surface area (Å²) in [5.74, 6) is 1.26. The first-order valence-electron chi connectivity index (χ1n) is 8.92. The quantitative estimate of drug-likeness (QED) is 0.783. The predicted octanol–water partition coefficient (Wildman–Crippen LogP) is 3.63. The highest BCUT2D eigenvalue weighted by atomic mass is 19.3. The molecule has 1 aromatic carbocycles. The molecule has 1 saturated heterocycles. The Balaban J connectivity index is 1.85. The zero-order chi connectivity index (χ0) is 18.0. The van der Waals surface area contributed by atoms with Crippen LogP contribution in [0.1, 0.15) is 43.4 Å². The van der Waals surface area contributed by atoms with Crippen LogP contribution < -0.4 is 9.47 Å². The molecule has 25 heavy (non-hydrogen) atoms. The van der Waals surface area contributed by atoms with Gasteiger partial charge in [0.15, 0.2) is 11.5 Å². The molecule has 0 saturated carbocycles. The molecule has 0 spiro atoms. The van der Waals surface area contributed by atoms with Crippen molar-refractivity contribution in [1.82, 2.24) is 4.90 Å². The van der Waals surface area contributed by atoms with E-state index in [0.29, 0.717) is 23.7 Å². The molecule has 0 N–H and O–H groups in total. The smallest absolute Gasteiger partial charge is 0.272 e. The molecule has 6 heteroatoms. The summed E-state index contributed by atoms with van der Waals surface area (Å²) in [4.78, 5) is 14.9. The van der Waals surface area contributed by atoms with E-state index in [1.807, 2.05) is 6.07 Å². The van der Waals surface area contributed by atoms with Gasteiger partial charge in [-0.25, -0.2) is 8.78 Å². The molecule has 4 nitrogen and oxygen atoms in total. The van der Waals surface area contributed by atoms with Crippen LogP contribution in [0.4, 0.5) is 8.78 Å². The van der Waals surface area contributed by atoms with Crippen LogP contribution in [0.15, 0.2) is 12.1 Å². The number of benzene rings is 1. The van der Waals surface area contributed by atoms with Crippen molar-refractivity contribution in [3.63, 3.8) is 0 Å². The molecule has 2 aliphatic rings. The third kappa shape index (κ3) is 3.78. The van der Waals surface area contributed by atoms with Crippen LogP contribution in [0.3, 0.4) is 0 Å². The van der Waals surface area contributed by atoms with E-state index >= 15 is 0 Å². The monoisotopic (exact) mass is 353 g/mol. The fourth-order valence-electron chi connectivity index (χ4n) is 3.99. The third-order valence-electron chi connectivity index (χ3n) is 5.20. The largest absolute Gasteiger partial charge is 0.493 e. The van der Waals surface area contributed by atoms with Gasteiger partial charge < -0.3 is 9.47 Å². The van der Waals surface area contributed by atoms with E-state index in [2.05, 4.69) is 11.8 Å². The highest BCUT2D eigenvalue weighted by molar-refractivity contribution is 5.83. The number of ketones is 1. The Morgan fingerprint density at radius 2 is 2.12 bits per heavy atom. The van der Waals surface area contributed by atoms with Crippen molar-refractivity contribution < 1.29 is 23.0 Å². The molecule has 2 heterocycles. The number of nitrogens with zero attached hydrogens (tertiary/aromatic N) is 1. The van der Waals surface area contributed by atoms with Crippen LogP contribution in [0, 0.1) is 5.92 Å². The number of halogens is 2. The molecule has 0 aliphatic carbocycles. The second kappa shape index (κ2) is 7.68. The summed E-state index contributed by atoms with van der Waals surface area (Å²) < 4.78 is 35.4. The molecular weight excluding hydrogens is 328 g/mol. The van der Waals surface area contributed by atoms with Crippen LogP contribution in [0.25, 0.3) is 0 Å². The van der Waals surface area contributed by atoms with Crippen LogP contribution in [-0.2, 0) is 11.2 Å². The second-order valence-corrected chi connectivity index (χ2v) is 6.82. The lowest BCUT2D eigenvalue weighted by Crippen LogP contribution is -2.46. The number of ether oxygens (including phenoxy) is 2. The first-order valence-corrected chi connectivity index (χ1v) is 8.92. The SMILES string of the molecule is CCCC1CN2CCc3cc(OCC(F)F)c(OC)cc3C2CC1=O. The minimum atomic E-state index is -2.53. The van der Waals surface area contributed by atoms with Crippen LogP contribution in [0.5, 0.6) is 11.5 Å². The van der Waals surface area contributed by atoms with Crippen molar-refractivity contribution in [2.24, 2.45) is 5.92 Å². The van der Waals surface area contributed by atoms with E-state index in [1.165, 1.54) is 7.11 Å². The maximum atomic E-state index is 12.5. The summed E-state index contributed by atoms with van der Waals surface area (Å²) in [7, 11) is 1.50. The lowest BCUT2D eigenvalue weighted by atomic mass is 9.81. The zero-order valence-corrected chi connectivity index (χ0v) is 14.8.